The SMILES string of the molecule is CN(C(=O)[C@@H](N)C1CCC(NC(=O)CCO)CC1)C1CCC1. The molecule has 1 atom stereocenters. The number of hydrogen-bond donors (Lipinski definition) is 3. The van der Waals surface area contributed by atoms with Crippen molar-refractivity contribution in [3.05, 3.63) is 0 Å². The molecule has 0 bridgehead atoms. The Morgan fingerprint density at radius 2 is 1.86 bits per heavy atom. The minimum Gasteiger partial charge on any atom is -0.396 e. The van der Waals surface area contributed by atoms with Crippen LogP contribution in [-0.2, 0) is 9.59 Å². The zero-order valence-corrected chi connectivity index (χ0v) is 13.5. The highest BCUT2D eigenvalue weighted by Crippen LogP contribution is 2.29. The topological polar surface area (TPSA) is 95.7 Å². The first-order chi connectivity index (χ1) is 10.5. The second-order valence-corrected chi connectivity index (χ2v) is 6.71. The summed E-state index contributed by atoms with van der Waals surface area (Å²) in [4.78, 5) is 25.7. The van der Waals surface area contributed by atoms with Crippen molar-refractivity contribution >= 4 is 11.8 Å². The second kappa shape index (κ2) is 7.92. The first kappa shape index (κ1) is 17.2. The lowest BCUT2D eigenvalue weighted by Crippen LogP contribution is -2.52. The summed E-state index contributed by atoms with van der Waals surface area (Å²) in [7, 11) is 1.87. The number of nitrogens with zero attached hydrogens (tertiary/aromatic N) is 1. The molecule has 2 saturated carbocycles. The van der Waals surface area contributed by atoms with E-state index < -0.39 is 6.04 Å². The third-order valence-electron chi connectivity index (χ3n) is 5.24. The second-order valence-electron chi connectivity index (χ2n) is 6.71. The highest BCUT2D eigenvalue weighted by molar-refractivity contribution is 5.82. The fraction of sp³-hybridized carbons (Fsp3) is 0.875. The summed E-state index contributed by atoms with van der Waals surface area (Å²) in [5.74, 6) is 0.175. The predicted molar refractivity (Wildman–Crippen MR) is 84.0 cm³/mol. The van der Waals surface area contributed by atoms with Crippen molar-refractivity contribution in [2.75, 3.05) is 13.7 Å². The summed E-state index contributed by atoms with van der Waals surface area (Å²) in [6.07, 6.45) is 7.01. The quantitative estimate of drug-likeness (QED) is 0.661. The van der Waals surface area contributed by atoms with Gasteiger partial charge in [-0.2, -0.15) is 0 Å². The fourth-order valence-corrected chi connectivity index (χ4v) is 3.41. The van der Waals surface area contributed by atoms with Crippen LogP contribution in [0.4, 0.5) is 0 Å². The molecular formula is C16H29N3O3. The maximum Gasteiger partial charge on any atom is 0.239 e. The molecule has 22 heavy (non-hydrogen) atoms. The Bertz CT molecular complexity index is 390. The van der Waals surface area contributed by atoms with Crippen LogP contribution in [0.3, 0.4) is 0 Å². The molecule has 0 aromatic carbocycles. The normalized spacial score (nSPS) is 26.9. The summed E-state index contributed by atoms with van der Waals surface area (Å²) in [5, 5.41) is 11.7. The number of aliphatic hydroxyl groups is 1. The van der Waals surface area contributed by atoms with Crippen LogP contribution in [0.25, 0.3) is 0 Å². The van der Waals surface area contributed by atoms with Crippen molar-refractivity contribution in [2.45, 2.75) is 69.5 Å². The van der Waals surface area contributed by atoms with E-state index in [1.54, 1.807) is 0 Å². The number of carbonyl (C=O) groups excluding carboxylic acids is 2. The lowest BCUT2D eigenvalue weighted by Gasteiger charge is -2.38. The average molecular weight is 311 g/mol. The maximum absolute atomic E-state index is 12.4. The third kappa shape index (κ3) is 4.20. The minimum atomic E-state index is -0.417. The van der Waals surface area contributed by atoms with E-state index >= 15 is 0 Å². The summed E-state index contributed by atoms with van der Waals surface area (Å²) >= 11 is 0. The van der Waals surface area contributed by atoms with Crippen LogP contribution in [0.15, 0.2) is 0 Å². The van der Waals surface area contributed by atoms with Gasteiger partial charge < -0.3 is 21.1 Å². The van der Waals surface area contributed by atoms with Gasteiger partial charge in [0.1, 0.15) is 0 Å². The number of carbonyl (C=O) groups is 2. The molecule has 0 saturated heterocycles. The Hall–Kier alpha value is -1.14. The van der Waals surface area contributed by atoms with E-state index in [2.05, 4.69) is 5.32 Å². The van der Waals surface area contributed by atoms with Gasteiger partial charge in [-0.3, -0.25) is 9.59 Å². The van der Waals surface area contributed by atoms with Crippen molar-refractivity contribution in [1.29, 1.82) is 0 Å². The highest BCUT2D eigenvalue weighted by atomic mass is 16.3. The van der Waals surface area contributed by atoms with Crippen molar-refractivity contribution < 1.29 is 14.7 Å². The van der Waals surface area contributed by atoms with E-state index in [0.717, 1.165) is 38.5 Å². The Kier molecular flexibility index (Phi) is 6.20. The first-order valence-electron chi connectivity index (χ1n) is 8.45. The molecule has 2 aliphatic rings. The van der Waals surface area contributed by atoms with Crippen molar-refractivity contribution in [1.82, 2.24) is 10.2 Å². The van der Waals surface area contributed by atoms with Gasteiger partial charge >= 0.3 is 0 Å². The van der Waals surface area contributed by atoms with E-state index in [9.17, 15) is 9.59 Å². The first-order valence-corrected chi connectivity index (χ1v) is 8.45. The summed E-state index contributed by atoms with van der Waals surface area (Å²) in [6, 6.07) is 0.120. The zero-order chi connectivity index (χ0) is 16.1. The molecule has 2 aliphatic carbocycles. The largest absolute Gasteiger partial charge is 0.396 e. The molecule has 6 heteroatoms. The zero-order valence-electron chi connectivity index (χ0n) is 13.5. The molecule has 0 aromatic heterocycles. The van der Waals surface area contributed by atoms with Crippen LogP contribution < -0.4 is 11.1 Å². The molecule has 0 spiro atoms. The standard InChI is InChI=1S/C16H29N3O3/c1-19(13-3-2-4-13)16(22)15(17)11-5-7-12(8-6-11)18-14(21)9-10-20/h11-13,15,20H,2-10,17H2,1H3,(H,18,21)/t11?,12?,15-/m0/s1. The summed E-state index contributed by atoms with van der Waals surface area (Å²) in [6.45, 7) is -0.117. The van der Waals surface area contributed by atoms with Crippen molar-refractivity contribution in [2.24, 2.45) is 11.7 Å². The number of nitrogens with two attached hydrogens (primary N) is 1. The monoisotopic (exact) mass is 311 g/mol. The highest BCUT2D eigenvalue weighted by Gasteiger charge is 2.34. The average Bonchev–Trinajstić information content (AvgIpc) is 2.45. The molecule has 6 nitrogen and oxygen atoms in total. The van der Waals surface area contributed by atoms with Gasteiger partial charge in [-0.15, -0.1) is 0 Å². The van der Waals surface area contributed by atoms with E-state index in [1.807, 2.05) is 11.9 Å². The molecule has 2 fully saturated rings. The Balaban J connectivity index is 1.75. The Morgan fingerprint density at radius 3 is 2.36 bits per heavy atom. The Labute approximate surface area is 132 Å². The van der Waals surface area contributed by atoms with Crippen LogP contribution in [0.1, 0.15) is 51.4 Å². The number of aliphatic hydroxyl groups excluding tert-OH is 1. The van der Waals surface area contributed by atoms with Gasteiger partial charge in [-0.1, -0.05) is 0 Å². The molecular weight excluding hydrogens is 282 g/mol. The molecule has 126 valence electrons. The van der Waals surface area contributed by atoms with Gasteiger partial charge in [-0.05, 0) is 50.9 Å². The number of likely N-dealkylation sites (N-methyl/N-ethyl adjacent to an activating group) is 1. The van der Waals surface area contributed by atoms with Crippen molar-refractivity contribution in [3.63, 3.8) is 0 Å². The third-order valence-corrected chi connectivity index (χ3v) is 5.24. The van der Waals surface area contributed by atoms with Crippen LogP contribution in [0.5, 0.6) is 0 Å². The van der Waals surface area contributed by atoms with Gasteiger partial charge in [0, 0.05) is 25.6 Å². The number of hydrogen-bond acceptors (Lipinski definition) is 4. The van der Waals surface area contributed by atoms with Gasteiger partial charge in [0.2, 0.25) is 11.8 Å². The molecule has 2 rings (SSSR count). The van der Waals surface area contributed by atoms with E-state index in [1.165, 1.54) is 6.42 Å². The molecule has 0 unspecified atom stereocenters. The molecule has 0 aromatic rings. The predicted octanol–water partition coefficient (Wildman–Crippen LogP) is 0.382. The molecule has 4 N–H and O–H groups in total. The summed E-state index contributed by atoms with van der Waals surface area (Å²) < 4.78 is 0. The molecule has 2 amide bonds. The van der Waals surface area contributed by atoms with Crippen LogP contribution in [0.2, 0.25) is 0 Å². The molecule has 0 radical (unpaired) electrons. The maximum atomic E-state index is 12.4. The van der Waals surface area contributed by atoms with E-state index in [-0.39, 0.29) is 36.8 Å². The van der Waals surface area contributed by atoms with Crippen LogP contribution in [-0.4, -0.2) is 53.6 Å². The smallest absolute Gasteiger partial charge is 0.239 e. The van der Waals surface area contributed by atoms with Gasteiger partial charge in [0.05, 0.1) is 12.6 Å². The number of amides is 2. The van der Waals surface area contributed by atoms with Gasteiger partial charge in [-0.25, -0.2) is 0 Å². The van der Waals surface area contributed by atoms with Gasteiger partial charge in [0.15, 0.2) is 0 Å². The summed E-state index contributed by atoms with van der Waals surface area (Å²) in [5.41, 5.74) is 6.19. The molecule has 0 heterocycles. The minimum absolute atomic E-state index is 0.0671. The Morgan fingerprint density at radius 1 is 1.23 bits per heavy atom. The fourth-order valence-electron chi connectivity index (χ4n) is 3.41. The van der Waals surface area contributed by atoms with Gasteiger partial charge in [0.25, 0.3) is 0 Å². The number of rotatable bonds is 6. The lowest BCUT2D eigenvalue weighted by atomic mass is 9.81. The van der Waals surface area contributed by atoms with Crippen LogP contribution >= 0.6 is 0 Å². The van der Waals surface area contributed by atoms with Crippen molar-refractivity contribution in [3.8, 4) is 0 Å². The van der Waals surface area contributed by atoms with E-state index in [4.69, 9.17) is 10.8 Å². The van der Waals surface area contributed by atoms with Crippen LogP contribution in [0, 0.1) is 5.92 Å². The lowest BCUT2D eigenvalue weighted by molar-refractivity contribution is -0.136. The molecule has 0 aliphatic heterocycles. The van der Waals surface area contributed by atoms with E-state index in [0.29, 0.717) is 6.04 Å². The number of nitrogens with one attached hydrogen (secondary N) is 1.